The Morgan fingerprint density at radius 1 is 1.29 bits per heavy atom. The zero-order chi connectivity index (χ0) is 15.7. The summed E-state index contributed by atoms with van der Waals surface area (Å²) in [5, 5.41) is 7.11. The van der Waals surface area contributed by atoms with E-state index in [4.69, 9.17) is 0 Å². The summed E-state index contributed by atoms with van der Waals surface area (Å²) in [6.45, 7) is 9.84. The molecule has 116 valence electrons. The fourth-order valence-corrected chi connectivity index (χ4v) is 2.64. The Hall–Kier alpha value is -1.85. The van der Waals surface area contributed by atoms with E-state index in [-0.39, 0.29) is 23.8 Å². The van der Waals surface area contributed by atoms with Crippen LogP contribution in [0.1, 0.15) is 47.1 Å². The fraction of sp³-hybridized carbons (Fsp3) is 0.667. The van der Waals surface area contributed by atoms with Gasteiger partial charge in [0.05, 0.1) is 11.9 Å². The largest absolute Gasteiger partial charge is 0.342 e. The molecule has 0 radical (unpaired) electrons. The Bertz CT molecular complexity index is 536. The van der Waals surface area contributed by atoms with Crippen LogP contribution in [-0.2, 0) is 9.59 Å². The molecule has 6 heteroatoms. The Balaban J connectivity index is 2.41. The summed E-state index contributed by atoms with van der Waals surface area (Å²) in [6.07, 6.45) is 4.09. The van der Waals surface area contributed by atoms with Crippen molar-refractivity contribution in [1.82, 2.24) is 15.1 Å². The van der Waals surface area contributed by atoms with E-state index in [0.717, 1.165) is 0 Å². The van der Waals surface area contributed by atoms with Crippen LogP contribution in [0.3, 0.4) is 0 Å². The summed E-state index contributed by atoms with van der Waals surface area (Å²) in [5.74, 6) is -0.109. The molecule has 0 saturated carbocycles. The molecule has 2 amide bonds. The minimum atomic E-state index is -0.481. The molecule has 0 bridgehead atoms. The highest BCUT2D eigenvalue weighted by Gasteiger charge is 2.42. The second-order valence-corrected chi connectivity index (χ2v) is 6.14. The molecule has 1 N–H and O–H groups in total. The standard InChI is InChI=1S/C15H24N4O2/c1-6-12-15(21)19(13(9(2)3)14(20)17-12)11-7-16-18(8-11)10(4)5/h7-10,12-13H,6H2,1-5H3,(H,17,20). The maximum Gasteiger partial charge on any atom is 0.250 e. The molecule has 2 unspecified atom stereocenters. The van der Waals surface area contributed by atoms with Crippen molar-refractivity contribution in [2.24, 2.45) is 5.92 Å². The maximum atomic E-state index is 12.7. The zero-order valence-corrected chi connectivity index (χ0v) is 13.3. The third-order valence-corrected chi connectivity index (χ3v) is 3.83. The summed E-state index contributed by atoms with van der Waals surface area (Å²) in [6, 6.07) is -0.716. The van der Waals surface area contributed by atoms with Crippen LogP contribution >= 0.6 is 0 Å². The van der Waals surface area contributed by atoms with Crippen LogP contribution in [0.15, 0.2) is 12.4 Å². The lowest BCUT2D eigenvalue weighted by molar-refractivity contribution is -0.134. The van der Waals surface area contributed by atoms with Crippen molar-refractivity contribution >= 4 is 17.5 Å². The monoisotopic (exact) mass is 292 g/mol. The number of hydrogen-bond donors (Lipinski definition) is 1. The highest BCUT2D eigenvalue weighted by atomic mass is 16.2. The van der Waals surface area contributed by atoms with Gasteiger partial charge in [0.1, 0.15) is 12.1 Å². The first-order valence-corrected chi connectivity index (χ1v) is 7.54. The molecule has 21 heavy (non-hydrogen) atoms. The molecule has 2 rings (SSSR count). The van der Waals surface area contributed by atoms with Crippen molar-refractivity contribution in [2.75, 3.05) is 4.90 Å². The highest BCUT2D eigenvalue weighted by Crippen LogP contribution is 2.26. The van der Waals surface area contributed by atoms with Crippen molar-refractivity contribution in [2.45, 2.75) is 59.2 Å². The molecule has 1 fully saturated rings. The molecule has 2 heterocycles. The van der Waals surface area contributed by atoms with Gasteiger partial charge in [0.2, 0.25) is 11.8 Å². The van der Waals surface area contributed by atoms with E-state index in [2.05, 4.69) is 10.4 Å². The molecule has 6 nitrogen and oxygen atoms in total. The number of aromatic nitrogens is 2. The van der Waals surface area contributed by atoms with Gasteiger partial charge in [-0.3, -0.25) is 19.2 Å². The van der Waals surface area contributed by atoms with E-state index in [1.165, 1.54) is 0 Å². The quantitative estimate of drug-likeness (QED) is 0.919. The van der Waals surface area contributed by atoms with Gasteiger partial charge in [-0.25, -0.2) is 0 Å². The minimum Gasteiger partial charge on any atom is -0.342 e. The van der Waals surface area contributed by atoms with Crippen LogP contribution in [0.5, 0.6) is 0 Å². The van der Waals surface area contributed by atoms with Gasteiger partial charge in [-0.05, 0) is 26.2 Å². The number of carbonyl (C=O) groups is 2. The van der Waals surface area contributed by atoms with E-state index in [1.54, 1.807) is 15.8 Å². The number of hydrogen-bond acceptors (Lipinski definition) is 3. The average molecular weight is 292 g/mol. The van der Waals surface area contributed by atoms with Gasteiger partial charge in [0, 0.05) is 12.2 Å². The van der Waals surface area contributed by atoms with Crippen LogP contribution in [0, 0.1) is 5.92 Å². The Morgan fingerprint density at radius 3 is 2.43 bits per heavy atom. The topological polar surface area (TPSA) is 67.2 Å². The average Bonchev–Trinajstić information content (AvgIpc) is 2.89. The smallest absolute Gasteiger partial charge is 0.250 e. The molecular formula is C15H24N4O2. The highest BCUT2D eigenvalue weighted by molar-refractivity contribution is 6.08. The second-order valence-electron chi connectivity index (χ2n) is 6.14. The van der Waals surface area contributed by atoms with Crippen LogP contribution < -0.4 is 10.2 Å². The van der Waals surface area contributed by atoms with E-state index >= 15 is 0 Å². The lowest BCUT2D eigenvalue weighted by Gasteiger charge is -2.39. The van der Waals surface area contributed by atoms with E-state index < -0.39 is 12.1 Å². The van der Waals surface area contributed by atoms with Gasteiger partial charge in [-0.2, -0.15) is 5.10 Å². The van der Waals surface area contributed by atoms with Crippen molar-refractivity contribution < 1.29 is 9.59 Å². The van der Waals surface area contributed by atoms with E-state index in [0.29, 0.717) is 12.1 Å². The van der Waals surface area contributed by atoms with Crippen molar-refractivity contribution in [3.05, 3.63) is 12.4 Å². The van der Waals surface area contributed by atoms with E-state index in [9.17, 15) is 9.59 Å². The van der Waals surface area contributed by atoms with Gasteiger partial charge in [0.15, 0.2) is 0 Å². The van der Waals surface area contributed by atoms with Crippen molar-refractivity contribution in [1.29, 1.82) is 0 Å². The zero-order valence-electron chi connectivity index (χ0n) is 13.3. The Morgan fingerprint density at radius 2 is 1.95 bits per heavy atom. The van der Waals surface area contributed by atoms with Crippen LogP contribution in [-0.4, -0.2) is 33.7 Å². The van der Waals surface area contributed by atoms with Gasteiger partial charge in [-0.15, -0.1) is 0 Å². The first kappa shape index (κ1) is 15.5. The van der Waals surface area contributed by atoms with Crippen LogP contribution in [0.4, 0.5) is 5.69 Å². The summed E-state index contributed by atoms with van der Waals surface area (Å²) in [4.78, 5) is 26.6. The third kappa shape index (κ3) is 2.80. The number of piperazine rings is 1. The third-order valence-electron chi connectivity index (χ3n) is 3.83. The summed E-state index contributed by atoms with van der Waals surface area (Å²) >= 11 is 0. The van der Waals surface area contributed by atoms with Crippen LogP contribution in [0.25, 0.3) is 0 Å². The molecule has 1 aromatic rings. The number of nitrogens with zero attached hydrogens (tertiary/aromatic N) is 3. The Labute approximate surface area is 125 Å². The molecule has 0 spiro atoms. The van der Waals surface area contributed by atoms with E-state index in [1.807, 2.05) is 40.8 Å². The summed E-state index contributed by atoms with van der Waals surface area (Å²) in [5.41, 5.74) is 0.695. The molecule has 0 aromatic carbocycles. The van der Waals surface area contributed by atoms with Crippen LogP contribution in [0.2, 0.25) is 0 Å². The van der Waals surface area contributed by atoms with Crippen molar-refractivity contribution in [3.8, 4) is 0 Å². The van der Waals surface area contributed by atoms with Gasteiger partial charge < -0.3 is 5.32 Å². The van der Waals surface area contributed by atoms with Gasteiger partial charge >= 0.3 is 0 Å². The number of anilines is 1. The summed E-state index contributed by atoms with van der Waals surface area (Å²) < 4.78 is 1.80. The molecule has 1 aliphatic rings. The molecular weight excluding hydrogens is 268 g/mol. The number of nitrogens with one attached hydrogen (secondary N) is 1. The fourth-order valence-electron chi connectivity index (χ4n) is 2.64. The maximum absolute atomic E-state index is 12.7. The SMILES string of the molecule is CCC1NC(=O)C(C(C)C)N(c2cnn(C(C)C)c2)C1=O. The normalized spacial score (nSPS) is 23.1. The van der Waals surface area contributed by atoms with Gasteiger partial charge in [0.25, 0.3) is 0 Å². The number of rotatable bonds is 4. The Kier molecular flexibility index (Phi) is 4.34. The second kappa shape index (κ2) is 5.87. The molecule has 1 saturated heterocycles. The molecule has 2 atom stereocenters. The lowest BCUT2D eigenvalue weighted by atomic mass is 9.96. The van der Waals surface area contributed by atoms with Crippen molar-refractivity contribution in [3.63, 3.8) is 0 Å². The summed E-state index contributed by atoms with van der Waals surface area (Å²) in [7, 11) is 0. The lowest BCUT2D eigenvalue weighted by Crippen LogP contribution is -2.65. The number of amides is 2. The molecule has 1 aromatic heterocycles. The number of carbonyl (C=O) groups excluding carboxylic acids is 2. The molecule has 1 aliphatic heterocycles. The molecule has 0 aliphatic carbocycles. The predicted molar refractivity (Wildman–Crippen MR) is 80.9 cm³/mol. The minimum absolute atomic E-state index is 0.0363. The predicted octanol–water partition coefficient (Wildman–Crippen LogP) is 1.73. The first-order valence-electron chi connectivity index (χ1n) is 7.54. The van der Waals surface area contributed by atoms with Gasteiger partial charge in [-0.1, -0.05) is 20.8 Å². The first-order chi connectivity index (χ1) is 9.86.